The number of hydrogen-bond acceptors (Lipinski definition) is 3. The molecule has 1 heterocycles. The van der Waals surface area contributed by atoms with Crippen molar-refractivity contribution >= 4 is 5.78 Å². The van der Waals surface area contributed by atoms with Crippen LogP contribution in [-0.2, 0) is 17.8 Å². The Morgan fingerprint density at radius 2 is 2.14 bits per heavy atom. The van der Waals surface area contributed by atoms with Gasteiger partial charge in [-0.2, -0.15) is 5.10 Å². The van der Waals surface area contributed by atoms with Crippen LogP contribution in [0.3, 0.4) is 0 Å². The van der Waals surface area contributed by atoms with Crippen molar-refractivity contribution in [2.75, 3.05) is 0 Å². The zero-order valence-electron chi connectivity index (χ0n) is 9.24. The molecule has 4 nitrogen and oxygen atoms in total. The lowest BCUT2D eigenvalue weighted by atomic mass is 9.89. The molecule has 78 valence electrons. The first kappa shape index (κ1) is 10.9. The molecule has 0 bridgehead atoms. The monoisotopic (exact) mass is 195 g/mol. The van der Waals surface area contributed by atoms with Crippen LogP contribution in [0.4, 0.5) is 0 Å². The van der Waals surface area contributed by atoms with Gasteiger partial charge < -0.3 is 0 Å². The molecule has 0 N–H and O–H groups in total. The highest BCUT2D eigenvalue weighted by atomic mass is 16.1. The maximum absolute atomic E-state index is 11.7. The molecule has 4 heteroatoms. The molecule has 0 unspecified atom stereocenters. The van der Waals surface area contributed by atoms with Crippen molar-refractivity contribution in [1.82, 2.24) is 14.8 Å². The second kappa shape index (κ2) is 3.90. The summed E-state index contributed by atoms with van der Waals surface area (Å²) in [5.41, 5.74) is -0.301. The van der Waals surface area contributed by atoms with Crippen molar-refractivity contribution in [3.8, 4) is 0 Å². The largest absolute Gasteiger partial charge is 0.299 e. The molecule has 0 saturated heterocycles. The zero-order chi connectivity index (χ0) is 10.8. The molecule has 0 saturated carbocycles. The van der Waals surface area contributed by atoms with E-state index in [0.29, 0.717) is 6.42 Å². The molecule has 0 aliphatic heterocycles. The molecule has 0 atom stereocenters. The van der Waals surface area contributed by atoms with E-state index >= 15 is 0 Å². The van der Waals surface area contributed by atoms with Gasteiger partial charge in [0.05, 0.1) is 6.42 Å². The number of ketones is 1. The number of aryl methyl sites for hydroxylation is 1. The van der Waals surface area contributed by atoms with Gasteiger partial charge in [0.25, 0.3) is 0 Å². The van der Waals surface area contributed by atoms with Crippen LogP contribution < -0.4 is 0 Å². The van der Waals surface area contributed by atoms with Crippen LogP contribution in [0.25, 0.3) is 0 Å². The van der Waals surface area contributed by atoms with Gasteiger partial charge in [-0.1, -0.05) is 20.8 Å². The van der Waals surface area contributed by atoms with Crippen molar-refractivity contribution in [1.29, 1.82) is 0 Å². The normalized spacial score (nSPS) is 11.7. The number of nitrogens with zero attached hydrogens (tertiary/aromatic N) is 3. The third-order valence-corrected chi connectivity index (χ3v) is 2.15. The molecule has 0 aromatic carbocycles. The van der Waals surface area contributed by atoms with Crippen LogP contribution in [0.2, 0.25) is 0 Å². The molecule has 1 aromatic rings. The minimum atomic E-state index is -0.301. The minimum absolute atomic E-state index is 0.195. The Kier molecular flexibility index (Phi) is 3.03. The van der Waals surface area contributed by atoms with Crippen molar-refractivity contribution in [2.24, 2.45) is 5.41 Å². The number of Topliss-reactive ketones (excluding diaryl/α,β-unsaturated/α-hetero) is 1. The first-order valence-corrected chi connectivity index (χ1v) is 4.85. The van der Waals surface area contributed by atoms with Crippen molar-refractivity contribution in [3.05, 3.63) is 12.2 Å². The molecule has 0 aliphatic rings. The molecule has 0 radical (unpaired) electrons. The Morgan fingerprint density at radius 3 is 2.64 bits per heavy atom. The van der Waals surface area contributed by atoms with E-state index in [2.05, 4.69) is 10.1 Å². The summed E-state index contributed by atoms with van der Waals surface area (Å²) in [5, 5.41) is 4.02. The highest BCUT2D eigenvalue weighted by Crippen LogP contribution is 2.16. The summed E-state index contributed by atoms with van der Waals surface area (Å²) < 4.78 is 1.75. The minimum Gasteiger partial charge on any atom is -0.299 e. The van der Waals surface area contributed by atoms with Crippen molar-refractivity contribution in [3.63, 3.8) is 0 Å². The SMILES string of the molecule is CCn1ncnc1CC(=O)C(C)(C)C. The fraction of sp³-hybridized carbons (Fsp3) is 0.700. The number of carbonyl (C=O) groups excluding carboxylic acids is 1. The van der Waals surface area contributed by atoms with Gasteiger partial charge in [-0.3, -0.25) is 4.79 Å². The molecule has 0 amide bonds. The molecule has 1 rings (SSSR count). The maximum Gasteiger partial charge on any atom is 0.145 e. The van der Waals surface area contributed by atoms with Gasteiger partial charge in [0.15, 0.2) is 0 Å². The molecule has 0 spiro atoms. The van der Waals surface area contributed by atoms with Gasteiger partial charge in [-0.05, 0) is 6.92 Å². The van der Waals surface area contributed by atoms with Crippen LogP contribution in [0.1, 0.15) is 33.5 Å². The topological polar surface area (TPSA) is 47.8 Å². The highest BCUT2D eigenvalue weighted by Gasteiger charge is 2.22. The van der Waals surface area contributed by atoms with Gasteiger partial charge in [0.2, 0.25) is 0 Å². The predicted octanol–water partition coefficient (Wildman–Crippen LogP) is 1.46. The molecule has 14 heavy (non-hydrogen) atoms. The number of hydrogen-bond donors (Lipinski definition) is 0. The van der Waals surface area contributed by atoms with E-state index in [1.807, 2.05) is 27.7 Å². The summed E-state index contributed by atoms with van der Waals surface area (Å²) in [4.78, 5) is 15.8. The standard InChI is InChI=1S/C10H17N3O/c1-5-13-9(11-7-12-13)6-8(14)10(2,3)4/h7H,5-6H2,1-4H3. The summed E-state index contributed by atoms with van der Waals surface area (Å²) in [6.07, 6.45) is 1.87. The Bertz CT molecular complexity index is 322. The van der Waals surface area contributed by atoms with E-state index in [4.69, 9.17) is 0 Å². The fourth-order valence-electron chi connectivity index (χ4n) is 1.10. The first-order chi connectivity index (χ1) is 6.45. The van der Waals surface area contributed by atoms with Crippen LogP contribution in [0, 0.1) is 5.41 Å². The number of carbonyl (C=O) groups is 1. The summed E-state index contributed by atoms with van der Waals surface area (Å²) >= 11 is 0. The van der Waals surface area contributed by atoms with Gasteiger partial charge in [0.1, 0.15) is 17.9 Å². The van der Waals surface area contributed by atoms with Crippen LogP contribution in [0.5, 0.6) is 0 Å². The Hall–Kier alpha value is -1.19. The third kappa shape index (κ3) is 2.40. The Balaban J connectivity index is 2.74. The molecular formula is C10H17N3O. The average Bonchev–Trinajstić information content (AvgIpc) is 2.50. The third-order valence-electron chi connectivity index (χ3n) is 2.15. The maximum atomic E-state index is 11.7. The number of aromatic nitrogens is 3. The lowest BCUT2D eigenvalue weighted by Crippen LogP contribution is -2.23. The highest BCUT2D eigenvalue weighted by molar-refractivity contribution is 5.85. The van der Waals surface area contributed by atoms with E-state index < -0.39 is 0 Å². The van der Waals surface area contributed by atoms with E-state index in [1.54, 1.807) is 4.68 Å². The van der Waals surface area contributed by atoms with Gasteiger partial charge in [0, 0.05) is 12.0 Å². The van der Waals surface area contributed by atoms with Gasteiger partial charge in [-0.15, -0.1) is 0 Å². The molecule has 1 aromatic heterocycles. The Labute approximate surface area is 84.3 Å². The summed E-state index contributed by atoms with van der Waals surface area (Å²) in [7, 11) is 0. The zero-order valence-corrected chi connectivity index (χ0v) is 9.24. The van der Waals surface area contributed by atoms with Crippen molar-refractivity contribution < 1.29 is 4.79 Å². The van der Waals surface area contributed by atoms with Crippen LogP contribution in [-0.4, -0.2) is 20.5 Å². The summed E-state index contributed by atoms with van der Waals surface area (Å²) in [6.45, 7) is 8.50. The van der Waals surface area contributed by atoms with Crippen LogP contribution in [0.15, 0.2) is 6.33 Å². The first-order valence-electron chi connectivity index (χ1n) is 4.85. The number of rotatable bonds is 3. The second-order valence-electron chi connectivity index (χ2n) is 4.34. The van der Waals surface area contributed by atoms with E-state index in [0.717, 1.165) is 12.4 Å². The Morgan fingerprint density at radius 1 is 1.50 bits per heavy atom. The van der Waals surface area contributed by atoms with E-state index in [1.165, 1.54) is 6.33 Å². The lowest BCUT2D eigenvalue weighted by molar-refractivity contribution is -0.125. The average molecular weight is 195 g/mol. The lowest BCUT2D eigenvalue weighted by Gasteiger charge is -2.15. The van der Waals surface area contributed by atoms with Gasteiger partial charge in [-0.25, -0.2) is 9.67 Å². The molecule has 0 fully saturated rings. The van der Waals surface area contributed by atoms with Crippen molar-refractivity contribution in [2.45, 2.75) is 40.7 Å². The molecular weight excluding hydrogens is 178 g/mol. The fourth-order valence-corrected chi connectivity index (χ4v) is 1.10. The summed E-state index contributed by atoms with van der Waals surface area (Å²) in [6, 6.07) is 0. The molecule has 0 aliphatic carbocycles. The van der Waals surface area contributed by atoms with Gasteiger partial charge >= 0.3 is 0 Å². The summed E-state index contributed by atoms with van der Waals surface area (Å²) in [5.74, 6) is 0.952. The predicted molar refractivity (Wildman–Crippen MR) is 53.9 cm³/mol. The second-order valence-corrected chi connectivity index (χ2v) is 4.34. The van der Waals surface area contributed by atoms with Crippen LogP contribution >= 0.6 is 0 Å². The van der Waals surface area contributed by atoms with E-state index in [9.17, 15) is 4.79 Å². The quantitative estimate of drug-likeness (QED) is 0.733. The smallest absolute Gasteiger partial charge is 0.145 e. The van der Waals surface area contributed by atoms with E-state index in [-0.39, 0.29) is 11.2 Å².